The SMILES string of the molecule is CCON=C(C)C1=CCCN(Cc2ccccc2)C1. The van der Waals surface area contributed by atoms with Crippen molar-refractivity contribution >= 4 is 5.71 Å². The van der Waals surface area contributed by atoms with Crippen LogP contribution >= 0.6 is 0 Å². The van der Waals surface area contributed by atoms with Gasteiger partial charge in [0.25, 0.3) is 0 Å². The molecule has 0 radical (unpaired) electrons. The van der Waals surface area contributed by atoms with Crippen molar-refractivity contribution in [1.29, 1.82) is 0 Å². The largest absolute Gasteiger partial charge is 0.396 e. The first kappa shape index (κ1) is 13.8. The maximum absolute atomic E-state index is 5.13. The van der Waals surface area contributed by atoms with Crippen molar-refractivity contribution in [2.75, 3.05) is 19.7 Å². The van der Waals surface area contributed by atoms with Gasteiger partial charge in [0, 0.05) is 19.6 Å². The van der Waals surface area contributed by atoms with E-state index < -0.39 is 0 Å². The van der Waals surface area contributed by atoms with E-state index in [9.17, 15) is 0 Å². The second kappa shape index (κ2) is 7.10. The van der Waals surface area contributed by atoms with Crippen LogP contribution in [0.3, 0.4) is 0 Å². The van der Waals surface area contributed by atoms with Gasteiger partial charge in [0.15, 0.2) is 0 Å². The predicted octanol–water partition coefficient (Wildman–Crippen LogP) is 3.23. The van der Waals surface area contributed by atoms with Crippen molar-refractivity contribution in [2.45, 2.75) is 26.8 Å². The van der Waals surface area contributed by atoms with E-state index in [1.54, 1.807) is 0 Å². The Labute approximate surface area is 115 Å². The Bertz CT molecular complexity index is 451. The minimum absolute atomic E-state index is 0.623. The molecule has 1 aromatic rings. The molecule has 0 aliphatic carbocycles. The van der Waals surface area contributed by atoms with Crippen LogP contribution in [0.5, 0.6) is 0 Å². The third-order valence-corrected chi connectivity index (χ3v) is 3.27. The fourth-order valence-electron chi connectivity index (χ4n) is 2.26. The topological polar surface area (TPSA) is 24.8 Å². The first-order valence-corrected chi connectivity index (χ1v) is 6.92. The third kappa shape index (κ3) is 4.21. The predicted molar refractivity (Wildman–Crippen MR) is 79.2 cm³/mol. The summed E-state index contributed by atoms with van der Waals surface area (Å²) in [4.78, 5) is 7.58. The van der Waals surface area contributed by atoms with E-state index in [0.29, 0.717) is 6.61 Å². The van der Waals surface area contributed by atoms with Crippen LogP contribution in [-0.2, 0) is 11.4 Å². The summed E-state index contributed by atoms with van der Waals surface area (Å²) in [6, 6.07) is 10.6. The summed E-state index contributed by atoms with van der Waals surface area (Å²) in [5, 5.41) is 4.13. The molecule has 0 amide bonds. The molecule has 0 unspecified atom stereocenters. The minimum atomic E-state index is 0.623. The second-order valence-corrected chi connectivity index (χ2v) is 4.81. The molecule has 1 aromatic carbocycles. The zero-order valence-electron chi connectivity index (χ0n) is 11.8. The lowest BCUT2D eigenvalue weighted by molar-refractivity contribution is 0.158. The van der Waals surface area contributed by atoms with Crippen LogP contribution < -0.4 is 0 Å². The molecule has 0 fully saturated rings. The molecule has 102 valence electrons. The van der Waals surface area contributed by atoms with Gasteiger partial charge < -0.3 is 4.84 Å². The van der Waals surface area contributed by atoms with Crippen LogP contribution in [-0.4, -0.2) is 30.3 Å². The van der Waals surface area contributed by atoms with E-state index in [1.807, 2.05) is 13.8 Å². The molecule has 19 heavy (non-hydrogen) atoms. The van der Waals surface area contributed by atoms with Gasteiger partial charge in [0.1, 0.15) is 6.61 Å². The summed E-state index contributed by atoms with van der Waals surface area (Å²) < 4.78 is 0. The maximum atomic E-state index is 5.13. The Balaban J connectivity index is 1.95. The van der Waals surface area contributed by atoms with Gasteiger partial charge in [-0.15, -0.1) is 0 Å². The van der Waals surface area contributed by atoms with Gasteiger partial charge in [-0.05, 0) is 31.4 Å². The van der Waals surface area contributed by atoms with E-state index in [1.165, 1.54) is 11.1 Å². The van der Waals surface area contributed by atoms with E-state index in [2.05, 4.69) is 46.5 Å². The van der Waals surface area contributed by atoms with Gasteiger partial charge in [-0.1, -0.05) is 41.6 Å². The molecule has 0 atom stereocenters. The van der Waals surface area contributed by atoms with Gasteiger partial charge in [-0.3, -0.25) is 4.90 Å². The first-order chi connectivity index (χ1) is 9.29. The highest BCUT2D eigenvalue weighted by molar-refractivity contribution is 5.98. The number of benzene rings is 1. The lowest BCUT2D eigenvalue weighted by Crippen LogP contribution is -2.31. The van der Waals surface area contributed by atoms with Crippen molar-refractivity contribution in [1.82, 2.24) is 4.90 Å². The smallest absolute Gasteiger partial charge is 0.114 e. The summed E-state index contributed by atoms with van der Waals surface area (Å²) in [7, 11) is 0. The molecular weight excluding hydrogens is 236 g/mol. The second-order valence-electron chi connectivity index (χ2n) is 4.81. The Morgan fingerprint density at radius 1 is 1.32 bits per heavy atom. The highest BCUT2D eigenvalue weighted by Crippen LogP contribution is 2.14. The summed E-state index contributed by atoms with van der Waals surface area (Å²) in [5.74, 6) is 0. The van der Waals surface area contributed by atoms with Crippen LogP contribution in [0.4, 0.5) is 0 Å². The van der Waals surface area contributed by atoms with Crippen LogP contribution in [0, 0.1) is 0 Å². The molecule has 1 aliphatic heterocycles. The molecule has 0 bridgehead atoms. The highest BCUT2D eigenvalue weighted by Gasteiger charge is 2.14. The van der Waals surface area contributed by atoms with E-state index in [-0.39, 0.29) is 0 Å². The third-order valence-electron chi connectivity index (χ3n) is 3.27. The number of hydrogen-bond acceptors (Lipinski definition) is 3. The standard InChI is InChI=1S/C16H22N2O/c1-3-19-17-14(2)16-10-7-11-18(13-16)12-15-8-5-4-6-9-15/h4-6,8-10H,3,7,11-13H2,1-2H3. The molecule has 1 heterocycles. The molecule has 0 N–H and O–H groups in total. The number of rotatable bonds is 5. The fraction of sp³-hybridized carbons (Fsp3) is 0.438. The zero-order chi connectivity index (χ0) is 13.5. The monoisotopic (exact) mass is 258 g/mol. The Morgan fingerprint density at radius 3 is 2.84 bits per heavy atom. The molecule has 2 rings (SSSR count). The van der Waals surface area contributed by atoms with Crippen LogP contribution in [0.25, 0.3) is 0 Å². The molecule has 0 saturated heterocycles. The zero-order valence-corrected chi connectivity index (χ0v) is 11.8. The van der Waals surface area contributed by atoms with E-state index >= 15 is 0 Å². The fourth-order valence-corrected chi connectivity index (χ4v) is 2.26. The maximum Gasteiger partial charge on any atom is 0.114 e. The minimum Gasteiger partial charge on any atom is -0.396 e. The van der Waals surface area contributed by atoms with Gasteiger partial charge >= 0.3 is 0 Å². The molecule has 3 heteroatoms. The van der Waals surface area contributed by atoms with E-state index in [4.69, 9.17) is 4.84 Å². The van der Waals surface area contributed by atoms with Crippen molar-refractivity contribution < 1.29 is 4.84 Å². The lowest BCUT2D eigenvalue weighted by atomic mass is 10.1. The summed E-state index contributed by atoms with van der Waals surface area (Å²) in [6.07, 6.45) is 3.36. The van der Waals surface area contributed by atoms with Crippen molar-refractivity contribution in [3.8, 4) is 0 Å². The number of hydrogen-bond donors (Lipinski definition) is 0. The van der Waals surface area contributed by atoms with Crippen LogP contribution in [0.15, 0.2) is 47.1 Å². The molecule has 1 aliphatic rings. The van der Waals surface area contributed by atoms with Gasteiger partial charge in [0.05, 0.1) is 5.71 Å². The lowest BCUT2D eigenvalue weighted by Gasteiger charge is -2.27. The van der Waals surface area contributed by atoms with Gasteiger partial charge in [-0.2, -0.15) is 0 Å². The Morgan fingerprint density at radius 2 is 2.11 bits per heavy atom. The van der Waals surface area contributed by atoms with Crippen molar-refractivity contribution in [2.24, 2.45) is 5.16 Å². The molecule has 0 saturated carbocycles. The first-order valence-electron chi connectivity index (χ1n) is 6.92. The highest BCUT2D eigenvalue weighted by atomic mass is 16.6. The van der Waals surface area contributed by atoms with Gasteiger partial charge in [-0.25, -0.2) is 0 Å². The molecule has 0 aromatic heterocycles. The average molecular weight is 258 g/mol. The van der Waals surface area contributed by atoms with Crippen molar-refractivity contribution in [3.63, 3.8) is 0 Å². The Hall–Kier alpha value is -1.61. The summed E-state index contributed by atoms with van der Waals surface area (Å²) >= 11 is 0. The van der Waals surface area contributed by atoms with E-state index in [0.717, 1.165) is 31.8 Å². The number of oxime groups is 1. The molecule has 0 spiro atoms. The van der Waals surface area contributed by atoms with Crippen LogP contribution in [0.2, 0.25) is 0 Å². The Kier molecular flexibility index (Phi) is 5.16. The normalized spacial score (nSPS) is 17.2. The quantitative estimate of drug-likeness (QED) is 0.598. The van der Waals surface area contributed by atoms with Gasteiger partial charge in [0.2, 0.25) is 0 Å². The summed E-state index contributed by atoms with van der Waals surface area (Å²) in [6.45, 7) is 7.66. The number of nitrogens with zero attached hydrogens (tertiary/aromatic N) is 2. The van der Waals surface area contributed by atoms with Crippen LogP contribution in [0.1, 0.15) is 25.8 Å². The van der Waals surface area contributed by atoms with Crippen molar-refractivity contribution in [3.05, 3.63) is 47.5 Å². The summed E-state index contributed by atoms with van der Waals surface area (Å²) in [5.41, 5.74) is 3.65. The molecular formula is C16H22N2O. The average Bonchev–Trinajstić information content (AvgIpc) is 2.46. The molecule has 3 nitrogen and oxygen atoms in total.